The average molecular weight is 559 g/mol. The number of nitrogens with one attached hydrogen (secondary N) is 3. The Hall–Kier alpha value is -4.19. The summed E-state index contributed by atoms with van der Waals surface area (Å²) in [5.74, 6) is -0.437. The third kappa shape index (κ3) is 7.02. The number of nitriles is 1. The molecule has 198 valence electrons. The minimum absolute atomic E-state index is 0.0605. The smallest absolute Gasteiger partial charge is 0.254 e. The van der Waals surface area contributed by atoms with E-state index in [4.69, 9.17) is 16.3 Å². The van der Waals surface area contributed by atoms with Crippen molar-refractivity contribution in [3.63, 3.8) is 0 Å². The van der Waals surface area contributed by atoms with Crippen LogP contribution in [0.5, 0.6) is 5.75 Å². The maximum atomic E-state index is 13.5. The van der Waals surface area contributed by atoms with Gasteiger partial charge in [0.25, 0.3) is 5.91 Å². The van der Waals surface area contributed by atoms with Crippen molar-refractivity contribution in [1.82, 2.24) is 5.32 Å². The van der Waals surface area contributed by atoms with Gasteiger partial charge in [0.15, 0.2) is 0 Å². The van der Waals surface area contributed by atoms with Crippen molar-refractivity contribution < 1.29 is 14.3 Å². The summed E-state index contributed by atoms with van der Waals surface area (Å²) < 4.78 is 5.58. The maximum absolute atomic E-state index is 13.5. The fourth-order valence-corrected chi connectivity index (χ4v) is 5.19. The first-order chi connectivity index (χ1) is 18.9. The van der Waals surface area contributed by atoms with Crippen LogP contribution in [0.4, 0.5) is 11.4 Å². The average Bonchev–Trinajstić information content (AvgIpc) is 2.94. The molecule has 39 heavy (non-hydrogen) atoms. The van der Waals surface area contributed by atoms with E-state index in [1.807, 2.05) is 49.4 Å². The molecular weight excluding hydrogens is 532 g/mol. The van der Waals surface area contributed by atoms with Crippen LogP contribution < -0.4 is 20.7 Å². The highest BCUT2D eigenvalue weighted by molar-refractivity contribution is 8.03. The lowest BCUT2D eigenvalue weighted by Crippen LogP contribution is -2.31. The molecule has 3 aromatic rings. The molecule has 1 atom stereocenters. The summed E-state index contributed by atoms with van der Waals surface area (Å²) in [4.78, 5) is 26.2. The molecule has 0 bridgehead atoms. The van der Waals surface area contributed by atoms with Gasteiger partial charge in [0.05, 0.1) is 34.9 Å². The molecule has 1 aliphatic rings. The van der Waals surface area contributed by atoms with Crippen LogP contribution in [0.1, 0.15) is 25.3 Å². The molecule has 1 heterocycles. The Morgan fingerprint density at radius 3 is 2.31 bits per heavy atom. The number of amides is 2. The van der Waals surface area contributed by atoms with Gasteiger partial charge in [-0.05, 0) is 67.9 Å². The van der Waals surface area contributed by atoms with Crippen LogP contribution in [0.3, 0.4) is 0 Å². The number of hydrogen-bond acceptors (Lipinski definition) is 6. The van der Waals surface area contributed by atoms with E-state index in [0.29, 0.717) is 50.6 Å². The van der Waals surface area contributed by atoms with Gasteiger partial charge in [-0.15, -0.1) is 0 Å². The topological polar surface area (TPSA) is 103 Å². The fraction of sp³-hybridized carbons (Fsp3) is 0.167. The lowest BCUT2D eigenvalue weighted by molar-refractivity contribution is -0.114. The van der Waals surface area contributed by atoms with Crippen LogP contribution in [-0.4, -0.2) is 24.2 Å². The Bertz CT molecular complexity index is 1450. The van der Waals surface area contributed by atoms with Crippen LogP contribution >= 0.6 is 23.4 Å². The van der Waals surface area contributed by atoms with Gasteiger partial charge in [-0.2, -0.15) is 5.26 Å². The van der Waals surface area contributed by atoms with Gasteiger partial charge in [0.1, 0.15) is 5.75 Å². The van der Waals surface area contributed by atoms with Crippen LogP contribution in [0.2, 0.25) is 5.02 Å². The van der Waals surface area contributed by atoms with Crippen molar-refractivity contribution in [3.8, 4) is 11.8 Å². The second kappa shape index (κ2) is 13.1. The number of carbonyl (C=O) groups excluding carboxylic acids is 2. The van der Waals surface area contributed by atoms with Crippen molar-refractivity contribution in [2.45, 2.75) is 19.8 Å². The van der Waals surface area contributed by atoms with Gasteiger partial charge in [-0.1, -0.05) is 53.7 Å². The largest absolute Gasteiger partial charge is 0.494 e. The van der Waals surface area contributed by atoms with Crippen LogP contribution in [0.25, 0.3) is 0 Å². The van der Waals surface area contributed by atoms with Crippen LogP contribution in [0, 0.1) is 11.3 Å². The zero-order chi connectivity index (χ0) is 27.8. The molecule has 0 aromatic heterocycles. The summed E-state index contributed by atoms with van der Waals surface area (Å²) in [5, 5.41) is 20.4. The van der Waals surface area contributed by atoms with Crippen LogP contribution in [0.15, 0.2) is 101 Å². The molecule has 3 aromatic carbocycles. The Kier molecular flexibility index (Phi) is 9.31. The minimum atomic E-state index is -0.641. The Morgan fingerprint density at radius 1 is 1.00 bits per heavy atom. The van der Waals surface area contributed by atoms with E-state index < -0.39 is 5.92 Å². The molecule has 7 nitrogen and oxygen atoms in total. The lowest BCUT2D eigenvalue weighted by Gasteiger charge is -2.30. The summed E-state index contributed by atoms with van der Waals surface area (Å²) in [6, 6.07) is 25.6. The highest BCUT2D eigenvalue weighted by Gasteiger charge is 2.35. The zero-order valence-electron chi connectivity index (χ0n) is 21.5. The predicted octanol–water partition coefficient (Wildman–Crippen LogP) is 6.45. The molecule has 0 spiro atoms. The number of rotatable bonds is 9. The molecule has 0 aliphatic carbocycles. The molecule has 3 N–H and O–H groups in total. The van der Waals surface area contributed by atoms with Gasteiger partial charge in [-0.3, -0.25) is 9.59 Å². The number of ether oxygens (including phenoxy) is 1. The molecule has 9 heteroatoms. The Balaban J connectivity index is 1.63. The standard InChI is InChI=1S/C30H27ClN4O3S/c1-3-38-24-15-9-20(10-16-24)28-25(17-32)30(39-18-26(36)34-23-13-11-21(31)12-14-23)33-19(2)27(28)29(37)35-22-7-5-4-6-8-22/h4-16,28,33H,3,18H2,1-2H3,(H,34,36)(H,35,37)/t28-/m1/s1. The minimum Gasteiger partial charge on any atom is -0.494 e. The fourth-order valence-electron chi connectivity index (χ4n) is 4.17. The van der Waals surface area contributed by atoms with Crippen molar-refractivity contribution in [1.29, 1.82) is 5.26 Å². The van der Waals surface area contributed by atoms with Crippen molar-refractivity contribution in [2.75, 3.05) is 23.0 Å². The van der Waals surface area contributed by atoms with Crippen molar-refractivity contribution in [3.05, 3.63) is 111 Å². The second-order valence-electron chi connectivity index (χ2n) is 8.62. The number of carbonyl (C=O) groups is 2. The third-order valence-corrected chi connectivity index (χ3v) is 7.19. The Labute approximate surface area is 236 Å². The monoisotopic (exact) mass is 558 g/mol. The number of thioether (sulfide) groups is 1. The number of allylic oxidation sites excluding steroid dienone is 2. The van der Waals surface area contributed by atoms with Gasteiger partial charge in [0.2, 0.25) is 5.91 Å². The highest BCUT2D eigenvalue weighted by Crippen LogP contribution is 2.41. The quantitative estimate of drug-likeness (QED) is 0.279. The molecule has 0 saturated heterocycles. The number of para-hydroxylation sites is 1. The van der Waals surface area contributed by atoms with Gasteiger partial charge in [-0.25, -0.2) is 0 Å². The molecule has 0 fully saturated rings. The second-order valence-corrected chi connectivity index (χ2v) is 10.0. The molecule has 0 saturated carbocycles. The van der Waals surface area contributed by atoms with E-state index in [-0.39, 0.29) is 17.6 Å². The zero-order valence-corrected chi connectivity index (χ0v) is 23.0. The van der Waals surface area contributed by atoms with E-state index in [2.05, 4.69) is 22.0 Å². The van der Waals surface area contributed by atoms with Gasteiger partial charge < -0.3 is 20.7 Å². The summed E-state index contributed by atoms with van der Waals surface area (Å²) in [6.07, 6.45) is 0. The number of hydrogen-bond donors (Lipinski definition) is 3. The van der Waals surface area contributed by atoms with E-state index in [9.17, 15) is 14.9 Å². The number of dihydropyridines is 1. The molecule has 4 rings (SSSR count). The van der Waals surface area contributed by atoms with E-state index in [0.717, 1.165) is 5.56 Å². The highest BCUT2D eigenvalue weighted by atomic mass is 35.5. The Morgan fingerprint density at radius 2 is 1.67 bits per heavy atom. The summed E-state index contributed by atoms with van der Waals surface area (Å²) in [7, 11) is 0. The first-order valence-corrected chi connectivity index (χ1v) is 13.7. The first kappa shape index (κ1) is 27.8. The molecule has 1 aliphatic heterocycles. The van der Waals surface area contributed by atoms with E-state index in [1.54, 1.807) is 43.3 Å². The summed E-state index contributed by atoms with van der Waals surface area (Å²) in [6.45, 7) is 4.23. The van der Waals surface area contributed by atoms with E-state index >= 15 is 0 Å². The van der Waals surface area contributed by atoms with E-state index in [1.165, 1.54) is 11.8 Å². The number of benzene rings is 3. The van der Waals surface area contributed by atoms with Crippen molar-refractivity contribution >= 4 is 46.6 Å². The maximum Gasteiger partial charge on any atom is 0.254 e. The lowest BCUT2D eigenvalue weighted by atomic mass is 9.82. The molecule has 2 amide bonds. The van der Waals surface area contributed by atoms with Gasteiger partial charge >= 0.3 is 0 Å². The normalized spacial score (nSPS) is 14.8. The third-order valence-electron chi connectivity index (χ3n) is 5.92. The first-order valence-electron chi connectivity index (χ1n) is 12.3. The number of nitrogens with zero attached hydrogens (tertiary/aromatic N) is 1. The van der Waals surface area contributed by atoms with Crippen LogP contribution in [-0.2, 0) is 9.59 Å². The molecule has 0 unspecified atom stereocenters. The van der Waals surface area contributed by atoms with Crippen molar-refractivity contribution in [2.24, 2.45) is 0 Å². The number of halogens is 1. The van der Waals surface area contributed by atoms with Gasteiger partial charge in [0, 0.05) is 27.7 Å². The molecule has 0 radical (unpaired) electrons. The predicted molar refractivity (Wildman–Crippen MR) is 156 cm³/mol. The SMILES string of the molecule is CCOc1ccc([C@@H]2C(C#N)=C(SCC(=O)Nc3ccc(Cl)cc3)NC(C)=C2C(=O)Nc2ccccc2)cc1. The molecular formula is C30H27ClN4O3S. The number of anilines is 2. The summed E-state index contributed by atoms with van der Waals surface area (Å²) in [5.41, 5.74) is 3.41. The summed E-state index contributed by atoms with van der Waals surface area (Å²) >= 11 is 7.13.